The summed E-state index contributed by atoms with van der Waals surface area (Å²) in [5.41, 5.74) is 1.63. The Morgan fingerprint density at radius 3 is 2.47 bits per heavy atom. The van der Waals surface area contributed by atoms with Gasteiger partial charge in [0.15, 0.2) is 5.65 Å². The number of hydrogen-bond donors (Lipinski definition) is 0. The minimum Gasteiger partial charge on any atom is -0.299 e. The van der Waals surface area contributed by atoms with Crippen LogP contribution in [0, 0.1) is 12.8 Å². The number of aryl methyl sites for hydroxylation is 1. The van der Waals surface area contributed by atoms with Gasteiger partial charge in [-0.05, 0) is 72.4 Å². The first-order valence-electron chi connectivity index (χ1n) is 11.9. The van der Waals surface area contributed by atoms with E-state index in [1.54, 1.807) is 26.0 Å². The number of piperidine rings is 1. The molecule has 1 aliphatic heterocycles. The van der Waals surface area contributed by atoms with Crippen LogP contribution in [0.25, 0.3) is 16.9 Å². The summed E-state index contributed by atoms with van der Waals surface area (Å²) < 4.78 is 29.6. The van der Waals surface area contributed by atoms with Crippen molar-refractivity contribution in [3.8, 4) is 11.3 Å². The first-order valence-corrected chi connectivity index (χ1v) is 13.6. The Morgan fingerprint density at radius 1 is 1.11 bits per heavy atom. The topological polar surface area (TPSA) is 33.4 Å². The zero-order chi connectivity index (χ0) is 25.9. The highest BCUT2D eigenvalue weighted by Gasteiger charge is 2.28. The molecule has 0 bridgehead atoms. The molecule has 36 heavy (non-hydrogen) atoms. The SMILES string of the molecule is CC1CCN(Cc2ccccc2C(F)(F)P)CC1.Cc1cc(-c2ccccc2Cl)nc2c(Br)cnn12. The van der Waals surface area contributed by atoms with E-state index in [9.17, 15) is 8.78 Å². The zero-order valence-corrected chi connectivity index (χ0v) is 23.8. The van der Waals surface area contributed by atoms with Crippen molar-refractivity contribution in [2.24, 2.45) is 5.92 Å². The van der Waals surface area contributed by atoms with Gasteiger partial charge in [0, 0.05) is 28.4 Å². The van der Waals surface area contributed by atoms with Crippen molar-refractivity contribution < 1.29 is 8.78 Å². The molecular weight excluding hydrogens is 565 g/mol. The second kappa shape index (κ2) is 11.6. The molecule has 0 saturated carbocycles. The van der Waals surface area contributed by atoms with Gasteiger partial charge in [0.1, 0.15) is 0 Å². The lowest BCUT2D eigenvalue weighted by atomic mass is 9.98. The molecule has 9 heteroatoms. The molecule has 1 aliphatic rings. The van der Waals surface area contributed by atoms with Crippen LogP contribution in [0.1, 0.15) is 36.6 Å². The van der Waals surface area contributed by atoms with Crippen LogP contribution in [0.4, 0.5) is 8.78 Å². The van der Waals surface area contributed by atoms with E-state index < -0.39 is 5.66 Å². The van der Waals surface area contributed by atoms with Crippen LogP contribution in [-0.4, -0.2) is 32.6 Å². The molecule has 1 saturated heterocycles. The zero-order valence-electron chi connectivity index (χ0n) is 20.3. The van der Waals surface area contributed by atoms with Crippen LogP contribution in [0.3, 0.4) is 0 Å². The lowest BCUT2D eigenvalue weighted by molar-refractivity contribution is 0.100. The number of alkyl halides is 2. The summed E-state index contributed by atoms with van der Waals surface area (Å²) in [6.07, 6.45) is 4.07. The van der Waals surface area contributed by atoms with E-state index in [0.29, 0.717) is 11.6 Å². The number of aromatic nitrogens is 3. The van der Waals surface area contributed by atoms with E-state index in [1.807, 2.05) is 49.4 Å². The maximum Gasteiger partial charge on any atom is 0.284 e. The maximum absolute atomic E-state index is 13.5. The average molecular weight is 594 g/mol. The summed E-state index contributed by atoms with van der Waals surface area (Å²) in [5.74, 6) is 0.764. The third kappa shape index (κ3) is 6.49. The quantitative estimate of drug-likeness (QED) is 0.225. The lowest BCUT2D eigenvalue weighted by Gasteiger charge is -2.31. The largest absolute Gasteiger partial charge is 0.299 e. The Balaban J connectivity index is 0.000000169. The van der Waals surface area contributed by atoms with Gasteiger partial charge in [-0.2, -0.15) is 13.9 Å². The Labute approximate surface area is 226 Å². The van der Waals surface area contributed by atoms with E-state index in [1.165, 1.54) is 18.9 Å². The molecule has 3 heterocycles. The molecule has 1 atom stereocenters. The van der Waals surface area contributed by atoms with Gasteiger partial charge in [-0.25, -0.2) is 9.50 Å². The Morgan fingerprint density at radius 2 is 1.78 bits per heavy atom. The predicted octanol–water partition coefficient (Wildman–Crippen LogP) is 7.96. The fourth-order valence-corrected chi connectivity index (χ4v) is 5.20. The fraction of sp³-hybridized carbons (Fsp3) is 0.333. The van der Waals surface area contributed by atoms with E-state index in [4.69, 9.17) is 11.6 Å². The molecule has 190 valence electrons. The predicted molar refractivity (Wildman–Crippen MR) is 150 cm³/mol. The first-order chi connectivity index (χ1) is 17.1. The highest BCUT2D eigenvalue weighted by Crippen LogP contribution is 2.37. The van der Waals surface area contributed by atoms with E-state index >= 15 is 0 Å². The monoisotopic (exact) mass is 592 g/mol. The summed E-state index contributed by atoms with van der Waals surface area (Å²) in [4.78, 5) is 6.87. The van der Waals surface area contributed by atoms with Gasteiger partial charge in [-0.3, -0.25) is 4.90 Å². The minimum absolute atomic E-state index is 0.133. The third-order valence-electron chi connectivity index (χ3n) is 6.40. The molecule has 0 amide bonds. The molecule has 1 fully saturated rings. The number of likely N-dealkylation sites (tertiary alicyclic amines) is 1. The van der Waals surface area contributed by atoms with Crippen LogP contribution in [0.2, 0.25) is 5.02 Å². The number of nitrogens with zero attached hydrogens (tertiary/aromatic N) is 4. The van der Waals surface area contributed by atoms with Crippen molar-refractivity contribution in [3.05, 3.63) is 87.1 Å². The van der Waals surface area contributed by atoms with Gasteiger partial charge < -0.3 is 0 Å². The lowest BCUT2D eigenvalue weighted by Crippen LogP contribution is -2.32. The smallest absolute Gasteiger partial charge is 0.284 e. The average Bonchev–Trinajstić information content (AvgIpc) is 3.22. The molecular formula is C27H29BrClF2N4P. The molecule has 0 N–H and O–H groups in total. The molecule has 4 aromatic rings. The van der Waals surface area contributed by atoms with Crippen LogP contribution in [0.15, 0.2) is 65.3 Å². The van der Waals surface area contributed by atoms with Gasteiger partial charge >= 0.3 is 0 Å². The molecule has 2 aromatic heterocycles. The maximum atomic E-state index is 13.5. The van der Waals surface area contributed by atoms with Crippen LogP contribution in [0.5, 0.6) is 0 Å². The second-order valence-corrected chi connectivity index (χ2v) is 11.2. The van der Waals surface area contributed by atoms with Gasteiger partial charge in [0.25, 0.3) is 5.66 Å². The minimum atomic E-state index is -2.83. The van der Waals surface area contributed by atoms with Crippen LogP contribution < -0.4 is 0 Å². The van der Waals surface area contributed by atoms with Crippen molar-refractivity contribution in [1.82, 2.24) is 19.5 Å². The standard InChI is InChI=1S/C14H20F2NP.C13H9BrClN3/c1-11-6-8-17(9-7-11)10-12-4-2-3-5-13(12)14(15,16)18;1-8-6-12(9-4-2-3-5-11(9)15)17-13-10(14)7-16-18(8)13/h2-5,11H,6-10,18H2,1H3;2-7H,1H3. The van der Waals surface area contributed by atoms with Crippen molar-refractivity contribution in [1.29, 1.82) is 0 Å². The summed E-state index contributed by atoms with van der Waals surface area (Å²) in [6.45, 7) is 6.90. The number of fused-ring (bicyclic) bond motifs is 1. The molecule has 0 radical (unpaired) electrons. The number of rotatable bonds is 4. The van der Waals surface area contributed by atoms with Crippen molar-refractivity contribution in [2.45, 2.75) is 38.9 Å². The molecule has 1 unspecified atom stereocenters. The van der Waals surface area contributed by atoms with Crippen molar-refractivity contribution >= 4 is 42.4 Å². The Bertz CT molecular complexity index is 1330. The number of halogens is 4. The fourth-order valence-electron chi connectivity index (χ4n) is 4.34. The summed E-state index contributed by atoms with van der Waals surface area (Å²) >= 11 is 9.65. The summed E-state index contributed by atoms with van der Waals surface area (Å²) in [7, 11) is 1.64. The molecule has 2 aromatic carbocycles. The van der Waals surface area contributed by atoms with E-state index in [2.05, 4.69) is 37.8 Å². The summed E-state index contributed by atoms with van der Waals surface area (Å²) in [5, 5.41) is 4.95. The van der Waals surface area contributed by atoms with Gasteiger partial charge in [0.2, 0.25) is 0 Å². The first kappa shape index (κ1) is 27.1. The second-order valence-electron chi connectivity index (χ2n) is 9.23. The molecule has 0 spiro atoms. The molecule has 5 rings (SSSR count). The van der Waals surface area contributed by atoms with Gasteiger partial charge in [-0.15, -0.1) is 0 Å². The molecule has 0 aliphatic carbocycles. The van der Waals surface area contributed by atoms with Crippen LogP contribution in [-0.2, 0) is 12.2 Å². The van der Waals surface area contributed by atoms with E-state index in [0.717, 1.165) is 51.6 Å². The number of benzene rings is 2. The number of hydrogen-bond acceptors (Lipinski definition) is 3. The summed E-state index contributed by atoms with van der Waals surface area (Å²) in [6, 6.07) is 16.5. The van der Waals surface area contributed by atoms with Gasteiger partial charge in [0.05, 0.1) is 16.4 Å². The normalized spacial score (nSPS) is 15.1. The van der Waals surface area contributed by atoms with Crippen LogP contribution >= 0.6 is 36.8 Å². The van der Waals surface area contributed by atoms with Crippen molar-refractivity contribution in [3.63, 3.8) is 0 Å². The highest BCUT2D eigenvalue weighted by atomic mass is 79.9. The van der Waals surface area contributed by atoms with E-state index in [-0.39, 0.29) is 5.56 Å². The Hall–Kier alpha value is -1.92. The third-order valence-corrected chi connectivity index (χ3v) is 7.60. The van der Waals surface area contributed by atoms with Crippen molar-refractivity contribution in [2.75, 3.05) is 13.1 Å². The molecule has 4 nitrogen and oxygen atoms in total. The Kier molecular flexibility index (Phi) is 8.77. The van der Waals surface area contributed by atoms with Gasteiger partial charge in [-0.1, -0.05) is 70.2 Å². The highest BCUT2D eigenvalue weighted by molar-refractivity contribution is 9.10.